The van der Waals surface area contributed by atoms with Gasteiger partial charge in [0, 0.05) is 11.6 Å². The number of carbonyl (C=O) groups excluding carboxylic acids is 1. The summed E-state index contributed by atoms with van der Waals surface area (Å²) in [6.45, 7) is 5.17. The quantitative estimate of drug-likeness (QED) is 0.732. The third kappa shape index (κ3) is 4.61. The van der Waals surface area contributed by atoms with Crippen LogP contribution in [0.1, 0.15) is 10.4 Å². The third-order valence-electron chi connectivity index (χ3n) is 3.58. The van der Waals surface area contributed by atoms with Crippen molar-refractivity contribution in [1.82, 2.24) is 5.32 Å². The van der Waals surface area contributed by atoms with Gasteiger partial charge in [-0.1, -0.05) is 0 Å². The lowest BCUT2D eigenvalue weighted by atomic mass is 10.2. The summed E-state index contributed by atoms with van der Waals surface area (Å²) in [6.07, 6.45) is 0. The molecule has 1 aliphatic rings. The van der Waals surface area contributed by atoms with Gasteiger partial charge >= 0.3 is 0 Å². The molecule has 0 spiro atoms. The maximum atomic E-state index is 12.2. The SMILES string of the molecule is COc1cc(OC)cc(C(=O)NCC[NH+]2CCOCC2)c1. The van der Waals surface area contributed by atoms with Crippen LogP contribution in [0.3, 0.4) is 0 Å². The Morgan fingerprint density at radius 3 is 2.38 bits per heavy atom. The first-order chi connectivity index (χ1) is 10.2. The van der Waals surface area contributed by atoms with E-state index in [-0.39, 0.29) is 5.91 Å². The van der Waals surface area contributed by atoms with Crippen molar-refractivity contribution in [3.05, 3.63) is 23.8 Å². The van der Waals surface area contributed by atoms with E-state index in [0.29, 0.717) is 23.6 Å². The largest absolute Gasteiger partial charge is 0.497 e. The molecule has 2 rings (SSSR count). The Labute approximate surface area is 125 Å². The average molecular weight is 295 g/mol. The molecule has 6 nitrogen and oxygen atoms in total. The molecule has 0 atom stereocenters. The monoisotopic (exact) mass is 295 g/mol. The van der Waals surface area contributed by atoms with Gasteiger partial charge < -0.3 is 24.4 Å². The second-order valence-corrected chi connectivity index (χ2v) is 4.97. The van der Waals surface area contributed by atoms with Gasteiger partial charge in [0.2, 0.25) is 0 Å². The van der Waals surface area contributed by atoms with Gasteiger partial charge in [-0.25, -0.2) is 0 Å². The molecule has 1 aromatic carbocycles. The van der Waals surface area contributed by atoms with E-state index >= 15 is 0 Å². The Bertz CT molecular complexity index is 450. The highest BCUT2D eigenvalue weighted by Gasteiger charge is 2.14. The molecule has 0 aromatic heterocycles. The lowest BCUT2D eigenvalue weighted by molar-refractivity contribution is -0.906. The summed E-state index contributed by atoms with van der Waals surface area (Å²) in [6, 6.07) is 5.16. The number of quaternary nitrogens is 1. The molecule has 1 saturated heterocycles. The first-order valence-corrected chi connectivity index (χ1v) is 7.15. The van der Waals surface area contributed by atoms with Crippen LogP contribution in [0.5, 0.6) is 11.5 Å². The normalized spacial score (nSPS) is 15.5. The molecule has 1 aromatic rings. The number of rotatable bonds is 6. The van der Waals surface area contributed by atoms with Crippen molar-refractivity contribution >= 4 is 5.91 Å². The molecule has 1 heterocycles. The van der Waals surface area contributed by atoms with Gasteiger partial charge in [-0.15, -0.1) is 0 Å². The predicted molar refractivity (Wildman–Crippen MR) is 78.3 cm³/mol. The number of carbonyl (C=O) groups is 1. The van der Waals surface area contributed by atoms with E-state index in [2.05, 4.69) is 5.32 Å². The van der Waals surface area contributed by atoms with Crippen molar-refractivity contribution < 1.29 is 23.9 Å². The van der Waals surface area contributed by atoms with Crippen molar-refractivity contribution in [2.75, 3.05) is 53.6 Å². The number of nitrogens with one attached hydrogen (secondary N) is 2. The van der Waals surface area contributed by atoms with Gasteiger partial charge in [-0.3, -0.25) is 4.79 Å². The van der Waals surface area contributed by atoms with Crippen LogP contribution in [0.15, 0.2) is 18.2 Å². The minimum atomic E-state index is -0.111. The highest BCUT2D eigenvalue weighted by molar-refractivity contribution is 5.95. The van der Waals surface area contributed by atoms with E-state index in [1.54, 1.807) is 32.4 Å². The van der Waals surface area contributed by atoms with Crippen LogP contribution in [0.4, 0.5) is 0 Å². The summed E-state index contributed by atoms with van der Waals surface area (Å²) in [4.78, 5) is 13.6. The third-order valence-corrected chi connectivity index (χ3v) is 3.58. The topological polar surface area (TPSA) is 61.2 Å². The van der Waals surface area contributed by atoms with E-state index in [4.69, 9.17) is 14.2 Å². The maximum Gasteiger partial charge on any atom is 0.251 e. The molecule has 1 fully saturated rings. The molecular formula is C15H23N2O4+. The number of hydrogen-bond acceptors (Lipinski definition) is 4. The lowest BCUT2D eigenvalue weighted by Gasteiger charge is -2.23. The highest BCUT2D eigenvalue weighted by Crippen LogP contribution is 2.22. The molecule has 0 saturated carbocycles. The first-order valence-electron chi connectivity index (χ1n) is 7.15. The van der Waals surface area contributed by atoms with E-state index < -0.39 is 0 Å². The summed E-state index contributed by atoms with van der Waals surface area (Å²) in [5, 5.41) is 2.94. The predicted octanol–water partition coefficient (Wildman–Crippen LogP) is -0.651. The lowest BCUT2D eigenvalue weighted by Crippen LogP contribution is -3.14. The van der Waals surface area contributed by atoms with Crippen molar-refractivity contribution in [3.63, 3.8) is 0 Å². The molecule has 2 N–H and O–H groups in total. The van der Waals surface area contributed by atoms with Crippen molar-refractivity contribution in [3.8, 4) is 11.5 Å². The standard InChI is InChI=1S/C15H22N2O4/c1-19-13-9-12(10-14(11-13)20-2)15(18)16-3-4-17-5-7-21-8-6-17/h9-11H,3-8H2,1-2H3,(H,16,18)/p+1. The van der Waals surface area contributed by atoms with Crippen LogP contribution in [-0.2, 0) is 4.74 Å². The molecule has 0 radical (unpaired) electrons. The molecule has 0 bridgehead atoms. The molecule has 21 heavy (non-hydrogen) atoms. The Morgan fingerprint density at radius 2 is 1.81 bits per heavy atom. The summed E-state index contributed by atoms with van der Waals surface area (Å²) in [5.74, 6) is 1.11. The Kier molecular flexibility index (Phi) is 5.83. The Balaban J connectivity index is 1.87. The van der Waals surface area contributed by atoms with E-state index in [1.807, 2.05) is 0 Å². The number of methoxy groups -OCH3 is 2. The first kappa shape index (κ1) is 15.6. The van der Waals surface area contributed by atoms with Crippen molar-refractivity contribution in [2.24, 2.45) is 0 Å². The number of hydrogen-bond donors (Lipinski definition) is 2. The Morgan fingerprint density at radius 1 is 1.19 bits per heavy atom. The van der Waals surface area contributed by atoms with Gasteiger partial charge in [0.15, 0.2) is 0 Å². The maximum absolute atomic E-state index is 12.2. The van der Waals surface area contributed by atoms with Gasteiger partial charge in [0.05, 0.1) is 40.5 Å². The number of benzene rings is 1. The van der Waals surface area contributed by atoms with Crippen LogP contribution in [-0.4, -0.2) is 59.5 Å². The zero-order valence-corrected chi connectivity index (χ0v) is 12.6. The molecular weight excluding hydrogens is 272 g/mol. The fourth-order valence-corrected chi connectivity index (χ4v) is 2.30. The summed E-state index contributed by atoms with van der Waals surface area (Å²) in [7, 11) is 3.14. The van der Waals surface area contributed by atoms with E-state index in [1.165, 1.54) is 4.90 Å². The minimum absolute atomic E-state index is 0.111. The number of amides is 1. The highest BCUT2D eigenvalue weighted by atomic mass is 16.5. The van der Waals surface area contributed by atoms with E-state index in [0.717, 1.165) is 32.8 Å². The molecule has 0 unspecified atom stereocenters. The fourth-order valence-electron chi connectivity index (χ4n) is 2.30. The second kappa shape index (κ2) is 7.85. The number of ether oxygens (including phenoxy) is 3. The van der Waals surface area contributed by atoms with Crippen LogP contribution in [0.2, 0.25) is 0 Å². The van der Waals surface area contributed by atoms with Gasteiger partial charge in [0.1, 0.15) is 24.6 Å². The van der Waals surface area contributed by atoms with Crippen molar-refractivity contribution in [1.29, 1.82) is 0 Å². The zero-order valence-electron chi connectivity index (χ0n) is 12.6. The van der Waals surface area contributed by atoms with Gasteiger partial charge in [-0.05, 0) is 12.1 Å². The smallest absolute Gasteiger partial charge is 0.251 e. The molecule has 1 amide bonds. The summed E-state index contributed by atoms with van der Waals surface area (Å²) < 4.78 is 15.6. The van der Waals surface area contributed by atoms with Crippen LogP contribution in [0, 0.1) is 0 Å². The van der Waals surface area contributed by atoms with Crippen LogP contribution < -0.4 is 19.7 Å². The summed E-state index contributed by atoms with van der Waals surface area (Å²) >= 11 is 0. The molecule has 0 aliphatic carbocycles. The van der Waals surface area contributed by atoms with Gasteiger partial charge in [0.25, 0.3) is 5.91 Å². The zero-order chi connectivity index (χ0) is 15.1. The second-order valence-electron chi connectivity index (χ2n) is 4.97. The van der Waals surface area contributed by atoms with Crippen LogP contribution >= 0.6 is 0 Å². The molecule has 116 valence electrons. The average Bonchev–Trinajstić information content (AvgIpc) is 2.55. The van der Waals surface area contributed by atoms with Crippen LogP contribution in [0.25, 0.3) is 0 Å². The number of morpholine rings is 1. The summed E-state index contributed by atoms with van der Waals surface area (Å²) in [5.41, 5.74) is 0.545. The van der Waals surface area contributed by atoms with Gasteiger partial charge in [-0.2, -0.15) is 0 Å². The van der Waals surface area contributed by atoms with Crippen molar-refractivity contribution in [2.45, 2.75) is 0 Å². The molecule has 6 heteroatoms. The van der Waals surface area contributed by atoms with E-state index in [9.17, 15) is 4.79 Å². The minimum Gasteiger partial charge on any atom is -0.497 e. The fraction of sp³-hybridized carbons (Fsp3) is 0.533. The Hall–Kier alpha value is -1.79. The molecule has 1 aliphatic heterocycles.